The van der Waals surface area contributed by atoms with Crippen molar-refractivity contribution in [2.24, 2.45) is 0 Å². The SMILES string of the molecule is O=C(NN1CCCCC1)c1nn(-c2ccc(Cl)cc2Cl)c(-c2ccc(C(F)(F)F)cc2)c1CNS(=O)(=O)C1CCCC1. The second-order valence-electron chi connectivity index (χ2n) is 10.5. The van der Waals surface area contributed by atoms with Gasteiger partial charge in [-0.05, 0) is 56.0 Å². The molecule has 0 unspecified atom stereocenters. The summed E-state index contributed by atoms with van der Waals surface area (Å²) in [6.07, 6.45) is 0.962. The van der Waals surface area contributed by atoms with Gasteiger partial charge in [-0.15, -0.1) is 0 Å². The molecular formula is C28H30Cl2F3N5O3S. The third-order valence-corrected chi connectivity index (χ3v) is 10.1. The van der Waals surface area contributed by atoms with E-state index in [1.165, 1.54) is 22.9 Å². The molecule has 0 atom stereocenters. The van der Waals surface area contributed by atoms with Crippen LogP contribution in [-0.2, 0) is 22.7 Å². The number of piperidine rings is 1. The van der Waals surface area contributed by atoms with Gasteiger partial charge >= 0.3 is 6.18 Å². The Labute approximate surface area is 252 Å². The first-order valence-electron chi connectivity index (χ1n) is 13.7. The van der Waals surface area contributed by atoms with Crippen LogP contribution >= 0.6 is 23.2 Å². The lowest BCUT2D eigenvalue weighted by atomic mass is 10.0. The number of amides is 1. The molecule has 2 N–H and O–H groups in total. The molecule has 8 nitrogen and oxygen atoms in total. The Morgan fingerprint density at radius 3 is 2.26 bits per heavy atom. The van der Waals surface area contributed by atoms with Crippen LogP contribution in [0.3, 0.4) is 0 Å². The minimum atomic E-state index is -4.56. The van der Waals surface area contributed by atoms with Gasteiger partial charge in [0.25, 0.3) is 5.91 Å². The first-order valence-corrected chi connectivity index (χ1v) is 16.0. The number of aromatic nitrogens is 2. The summed E-state index contributed by atoms with van der Waals surface area (Å²) in [4.78, 5) is 13.7. The molecule has 226 valence electrons. The van der Waals surface area contributed by atoms with E-state index in [4.69, 9.17) is 23.2 Å². The summed E-state index contributed by atoms with van der Waals surface area (Å²) in [6.45, 7) is 0.985. The van der Waals surface area contributed by atoms with Gasteiger partial charge in [0.1, 0.15) is 0 Å². The number of hydrogen-bond acceptors (Lipinski definition) is 5. The third-order valence-electron chi connectivity index (χ3n) is 7.63. The predicted octanol–water partition coefficient (Wildman–Crippen LogP) is 6.36. The Morgan fingerprint density at radius 1 is 0.976 bits per heavy atom. The zero-order valence-corrected chi connectivity index (χ0v) is 24.9. The maximum atomic E-state index is 13.7. The summed E-state index contributed by atoms with van der Waals surface area (Å²) in [5, 5.41) is 6.33. The number of rotatable bonds is 8. The van der Waals surface area contributed by atoms with E-state index in [0.29, 0.717) is 36.6 Å². The van der Waals surface area contributed by atoms with Crippen molar-refractivity contribution in [3.05, 3.63) is 69.3 Å². The van der Waals surface area contributed by atoms with E-state index >= 15 is 0 Å². The van der Waals surface area contributed by atoms with Crippen molar-refractivity contribution in [1.82, 2.24) is 24.9 Å². The predicted molar refractivity (Wildman–Crippen MR) is 155 cm³/mol. The molecule has 1 saturated heterocycles. The number of nitrogens with one attached hydrogen (secondary N) is 2. The minimum Gasteiger partial charge on any atom is -0.283 e. The Balaban J connectivity index is 1.65. The molecule has 14 heteroatoms. The molecule has 2 fully saturated rings. The highest BCUT2D eigenvalue weighted by atomic mass is 35.5. The molecule has 1 saturated carbocycles. The molecule has 2 aliphatic rings. The van der Waals surface area contributed by atoms with Gasteiger partial charge < -0.3 is 0 Å². The van der Waals surface area contributed by atoms with Crippen LogP contribution in [0.25, 0.3) is 16.9 Å². The van der Waals surface area contributed by atoms with E-state index in [2.05, 4.69) is 15.2 Å². The number of benzene rings is 2. The number of hydrogen-bond donors (Lipinski definition) is 2. The van der Waals surface area contributed by atoms with Crippen LogP contribution in [0.4, 0.5) is 13.2 Å². The fourth-order valence-corrected chi connectivity index (χ4v) is 7.46. The Kier molecular flexibility index (Phi) is 9.19. The third kappa shape index (κ3) is 6.78. The molecule has 2 heterocycles. The molecule has 1 aromatic heterocycles. The second kappa shape index (κ2) is 12.5. The summed E-state index contributed by atoms with van der Waals surface area (Å²) in [7, 11) is -3.74. The first kappa shape index (κ1) is 30.8. The lowest BCUT2D eigenvalue weighted by Gasteiger charge is -2.26. The van der Waals surface area contributed by atoms with Crippen molar-refractivity contribution in [3.63, 3.8) is 0 Å². The van der Waals surface area contributed by atoms with Crippen LogP contribution in [0.15, 0.2) is 42.5 Å². The average molecular weight is 645 g/mol. The van der Waals surface area contributed by atoms with Gasteiger partial charge in [0.2, 0.25) is 10.0 Å². The molecule has 1 amide bonds. The number of carbonyl (C=O) groups excluding carboxylic acids is 1. The topological polar surface area (TPSA) is 96.3 Å². The average Bonchev–Trinajstić information content (AvgIpc) is 3.62. The first-order chi connectivity index (χ1) is 19.9. The van der Waals surface area contributed by atoms with E-state index in [0.717, 1.165) is 44.2 Å². The Morgan fingerprint density at radius 2 is 1.64 bits per heavy atom. The van der Waals surface area contributed by atoms with E-state index in [9.17, 15) is 26.4 Å². The highest BCUT2D eigenvalue weighted by Crippen LogP contribution is 2.36. The lowest BCUT2D eigenvalue weighted by Crippen LogP contribution is -2.45. The van der Waals surface area contributed by atoms with Gasteiger partial charge in [-0.3, -0.25) is 10.2 Å². The quantitative estimate of drug-likeness (QED) is 0.298. The molecule has 0 spiro atoms. The van der Waals surface area contributed by atoms with Crippen LogP contribution in [0, 0.1) is 0 Å². The van der Waals surface area contributed by atoms with Gasteiger partial charge in [0.05, 0.1) is 27.2 Å². The molecule has 1 aliphatic carbocycles. The van der Waals surface area contributed by atoms with E-state index < -0.39 is 32.9 Å². The van der Waals surface area contributed by atoms with Crippen molar-refractivity contribution in [2.45, 2.75) is 62.9 Å². The fraction of sp³-hybridized carbons (Fsp3) is 0.429. The normalized spacial score (nSPS) is 17.1. The van der Waals surface area contributed by atoms with E-state index in [1.54, 1.807) is 17.1 Å². The number of carbonyl (C=O) groups is 1. The molecule has 42 heavy (non-hydrogen) atoms. The van der Waals surface area contributed by atoms with E-state index in [-0.39, 0.29) is 34.1 Å². The molecule has 0 bridgehead atoms. The summed E-state index contributed by atoms with van der Waals surface area (Å²) < 4.78 is 70.5. The number of alkyl halides is 3. The molecule has 1 aliphatic heterocycles. The highest BCUT2D eigenvalue weighted by Gasteiger charge is 2.33. The van der Waals surface area contributed by atoms with Gasteiger partial charge in [-0.25, -0.2) is 22.8 Å². The maximum Gasteiger partial charge on any atom is 0.416 e. The van der Waals surface area contributed by atoms with Crippen LogP contribution in [0.1, 0.15) is 66.6 Å². The Hall–Kier alpha value is -2.64. The van der Waals surface area contributed by atoms with E-state index in [1.807, 2.05) is 0 Å². The number of sulfonamides is 1. The number of halogens is 5. The number of nitrogens with zero attached hydrogens (tertiary/aromatic N) is 3. The zero-order chi connectivity index (χ0) is 30.1. The van der Waals surface area contributed by atoms with Gasteiger partial charge in [-0.1, -0.05) is 54.6 Å². The second-order valence-corrected chi connectivity index (χ2v) is 13.4. The smallest absolute Gasteiger partial charge is 0.283 e. The summed E-state index contributed by atoms with van der Waals surface area (Å²) in [5.41, 5.74) is 2.97. The van der Waals surface area contributed by atoms with Crippen molar-refractivity contribution in [2.75, 3.05) is 13.1 Å². The standard InChI is InChI=1S/C28H30Cl2F3N5O3S/c29-20-12-13-24(23(30)16-20)38-26(18-8-10-19(11-9-18)28(31,32)33)22(17-34-42(40,41)21-6-2-3-7-21)25(35-38)27(39)36-37-14-4-1-5-15-37/h8-13,16,21,34H,1-7,14-15,17H2,(H,36,39). The van der Waals surface area contributed by atoms with Crippen LogP contribution < -0.4 is 10.1 Å². The van der Waals surface area contributed by atoms with Gasteiger partial charge in [-0.2, -0.15) is 18.3 Å². The van der Waals surface area contributed by atoms with Gasteiger partial charge in [0.15, 0.2) is 5.69 Å². The van der Waals surface area contributed by atoms with Crippen LogP contribution in [-0.4, -0.2) is 47.5 Å². The van der Waals surface area contributed by atoms with Gasteiger partial charge in [0, 0.05) is 35.8 Å². The fourth-order valence-electron chi connectivity index (χ4n) is 5.43. The largest absolute Gasteiger partial charge is 0.416 e. The van der Waals surface area contributed by atoms with Crippen LogP contribution in [0.2, 0.25) is 10.0 Å². The lowest BCUT2D eigenvalue weighted by molar-refractivity contribution is -0.137. The van der Waals surface area contributed by atoms with Crippen molar-refractivity contribution in [3.8, 4) is 16.9 Å². The number of hydrazine groups is 1. The monoisotopic (exact) mass is 643 g/mol. The van der Waals surface area contributed by atoms with Crippen LogP contribution in [0.5, 0.6) is 0 Å². The van der Waals surface area contributed by atoms with Crippen molar-refractivity contribution >= 4 is 39.1 Å². The highest BCUT2D eigenvalue weighted by molar-refractivity contribution is 7.90. The minimum absolute atomic E-state index is 0.0735. The Bertz CT molecular complexity index is 1550. The zero-order valence-electron chi connectivity index (χ0n) is 22.6. The maximum absolute atomic E-state index is 13.7. The summed E-state index contributed by atoms with van der Waals surface area (Å²) in [5.74, 6) is -0.566. The molecular weight excluding hydrogens is 614 g/mol. The molecule has 0 radical (unpaired) electrons. The van der Waals surface area contributed by atoms with Crippen molar-refractivity contribution < 1.29 is 26.4 Å². The summed E-state index contributed by atoms with van der Waals surface area (Å²) in [6, 6.07) is 9.00. The summed E-state index contributed by atoms with van der Waals surface area (Å²) >= 11 is 12.6. The molecule has 2 aromatic carbocycles. The van der Waals surface area contributed by atoms with Crippen molar-refractivity contribution in [1.29, 1.82) is 0 Å². The molecule has 5 rings (SSSR count). The molecule has 3 aromatic rings.